The average molecular weight is 373 g/mol. The van der Waals surface area contributed by atoms with Crippen LogP contribution in [0.25, 0.3) is 0 Å². The molecule has 1 amide bonds. The van der Waals surface area contributed by atoms with Gasteiger partial charge in [-0.25, -0.2) is 0 Å². The molecule has 0 spiro atoms. The first kappa shape index (κ1) is 20.3. The van der Waals surface area contributed by atoms with E-state index in [0.717, 1.165) is 49.6 Å². The van der Waals surface area contributed by atoms with Gasteiger partial charge in [0.1, 0.15) is 0 Å². The number of hydrogen-bond donors (Lipinski definition) is 1. The van der Waals surface area contributed by atoms with Gasteiger partial charge in [0.2, 0.25) is 5.91 Å². The number of likely N-dealkylation sites (tertiary alicyclic amines) is 1. The molecule has 0 radical (unpaired) electrons. The van der Waals surface area contributed by atoms with Gasteiger partial charge < -0.3 is 14.9 Å². The number of carbonyl (C=O) groups is 1. The predicted octanol–water partition coefficient (Wildman–Crippen LogP) is 4.17. The number of amides is 1. The fraction of sp³-hybridized carbons (Fsp3) is 0.696. The van der Waals surface area contributed by atoms with Crippen LogP contribution in [0.4, 0.5) is 5.69 Å². The molecule has 2 aliphatic heterocycles. The predicted molar refractivity (Wildman–Crippen MR) is 111 cm³/mol. The number of aryl methyl sites for hydroxylation is 1. The lowest BCUT2D eigenvalue weighted by Crippen LogP contribution is -2.40. The van der Waals surface area contributed by atoms with Gasteiger partial charge in [-0.3, -0.25) is 4.79 Å². The smallest absolute Gasteiger partial charge is 0.226 e. The molecule has 2 aliphatic rings. The molecular formula is C23H36N2O2. The van der Waals surface area contributed by atoms with Gasteiger partial charge in [0.15, 0.2) is 0 Å². The van der Waals surface area contributed by atoms with Gasteiger partial charge in [0, 0.05) is 25.2 Å². The van der Waals surface area contributed by atoms with E-state index >= 15 is 0 Å². The number of aliphatic hydroxyl groups is 1. The van der Waals surface area contributed by atoms with Crippen LogP contribution in [0.3, 0.4) is 0 Å². The Balaban J connectivity index is 1.63. The van der Waals surface area contributed by atoms with E-state index in [1.807, 2.05) is 24.0 Å². The van der Waals surface area contributed by atoms with Crippen LogP contribution in [0, 0.1) is 11.3 Å². The lowest BCUT2D eigenvalue weighted by atomic mass is 9.75. The van der Waals surface area contributed by atoms with Crippen molar-refractivity contribution in [2.24, 2.45) is 11.3 Å². The molecule has 1 aromatic rings. The fourth-order valence-corrected chi connectivity index (χ4v) is 4.61. The van der Waals surface area contributed by atoms with E-state index in [1.54, 1.807) is 0 Å². The van der Waals surface area contributed by atoms with Gasteiger partial charge in [-0.15, -0.1) is 0 Å². The van der Waals surface area contributed by atoms with Crippen molar-refractivity contribution >= 4 is 11.6 Å². The standard InChI is InChI=1S/C23H36N2O2/c1-5-22(27)25-12-6-7-17-15-18(8-9-20(17)25)21(26)16-24-13-10-19(11-14-24)23(2,3)4/h8-9,15,19,21,26H,5-7,10-14,16H2,1-4H3/t21-/m1/s1. The van der Waals surface area contributed by atoms with Gasteiger partial charge >= 0.3 is 0 Å². The minimum atomic E-state index is -0.460. The number of carbonyl (C=O) groups excluding carboxylic acids is 1. The van der Waals surface area contributed by atoms with Crippen LogP contribution in [-0.2, 0) is 11.2 Å². The van der Waals surface area contributed by atoms with Crippen molar-refractivity contribution in [2.45, 2.75) is 65.9 Å². The minimum absolute atomic E-state index is 0.186. The van der Waals surface area contributed by atoms with E-state index in [-0.39, 0.29) is 5.91 Å². The third kappa shape index (κ3) is 4.72. The van der Waals surface area contributed by atoms with Gasteiger partial charge in [0.25, 0.3) is 0 Å². The maximum atomic E-state index is 12.2. The third-order valence-electron chi connectivity index (χ3n) is 6.45. The molecule has 0 unspecified atom stereocenters. The van der Waals surface area contributed by atoms with E-state index in [0.29, 0.717) is 18.4 Å². The first-order chi connectivity index (χ1) is 12.8. The second-order valence-corrected chi connectivity index (χ2v) is 9.35. The summed E-state index contributed by atoms with van der Waals surface area (Å²) in [5, 5.41) is 10.8. The number of rotatable bonds is 4. The van der Waals surface area contributed by atoms with Crippen molar-refractivity contribution < 1.29 is 9.90 Å². The molecule has 0 saturated carbocycles. The summed E-state index contributed by atoms with van der Waals surface area (Å²) in [6.07, 6.45) is 4.50. The highest BCUT2D eigenvalue weighted by atomic mass is 16.3. The van der Waals surface area contributed by atoms with E-state index in [9.17, 15) is 9.90 Å². The molecule has 1 aromatic carbocycles. The molecule has 27 heavy (non-hydrogen) atoms. The van der Waals surface area contributed by atoms with Crippen molar-refractivity contribution in [1.29, 1.82) is 0 Å². The van der Waals surface area contributed by atoms with Crippen LogP contribution in [0.15, 0.2) is 18.2 Å². The Labute approximate surface area is 164 Å². The van der Waals surface area contributed by atoms with Crippen LogP contribution in [0.2, 0.25) is 0 Å². The molecule has 3 rings (SSSR count). The monoisotopic (exact) mass is 372 g/mol. The number of benzene rings is 1. The Morgan fingerprint density at radius 1 is 1.22 bits per heavy atom. The minimum Gasteiger partial charge on any atom is -0.387 e. The van der Waals surface area contributed by atoms with Crippen LogP contribution in [0.5, 0.6) is 0 Å². The third-order valence-corrected chi connectivity index (χ3v) is 6.45. The van der Waals surface area contributed by atoms with Gasteiger partial charge in [-0.05, 0) is 67.3 Å². The molecule has 0 aliphatic carbocycles. The Morgan fingerprint density at radius 2 is 1.93 bits per heavy atom. The van der Waals surface area contributed by atoms with Crippen molar-refractivity contribution in [3.8, 4) is 0 Å². The second kappa shape index (κ2) is 8.32. The number of piperidine rings is 1. The lowest BCUT2D eigenvalue weighted by molar-refractivity contribution is -0.118. The number of hydrogen-bond acceptors (Lipinski definition) is 3. The Morgan fingerprint density at radius 3 is 2.56 bits per heavy atom. The van der Waals surface area contributed by atoms with Crippen LogP contribution < -0.4 is 4.90 Å². The first-order valence-electron chi connectivity index (χ1n) is 10.6. The highest BCUT2D eigenvalue weighted by Crippen LogP contribution is 2.35. The molecule has 1 N–H and O–H groups in total. The molecule has 1 atom stereocenters. The summed E-state index contributed by atoms with van der Waals surface area (Å²) in [5.74, 6) is 0.961. The highest BCUT2D eigenvalue weighted by molar-refractivity contribution is 5.94. The van der Waals surface area contributed by atoms with Gasteiger partial charge in [0.05, 0.1) is 6.10 Å². The zero-order valence-corrected chi connectivity index (χ0v) is 17.5. The maximum absolute atomic E-state index is 12.2. The summed E-state index contributed by atoms with van der Waals surface area (Å²) < 4.78 is 0. The molecule has 2 heterocycles. The number of nitrogens with zero attached hydrogens (tertiary/aromatic N) is 2. The molecule has 1 fully saturated rings. The largest absolute Gasteiger partial charge is 0.387 e. The molecule has 1 saturated heterocycles. The SMILES string of the molecule is CCC(=O)N1CCCc2cc([C@H](O)CN3CCC(C(C)(C)C)CC3)ccc21. The van der Waals surface area contributed by atoms with E-state index in [4.69, 9.17) is 0 Å². The summed E-state index contributed by atoms with van der Waals surface area (Å²) in [6, 6.07) is 6.16. The van der Waals surface area contributed by atoms with E-state index in [1.165, 1.54) is 18.4 Å². The van der Waals surface area contributed by atoms with Crippen molar-refractivity contribution in [1.82, 2.24) is 4.90 Å². The van der Waals surface area contributed by atoms with Gasteiger partial charge in [-0.2, -0.15) is 0 Å². The Hall–Kier alpha value is -1.39. The molecule has 0 bridgehead atoms. The Kier molecular flexibility index (Phi) is 6.27. The van der Waals surface area contributed by atoms with Crippen LogP contribution in [0.1, 0.15) is 70.6 Å². The number of aliphatic hydroxyl groups excluding tert-OH is 1. The average Bonchev–Trinajstić information content (AvgIpc) is 2.66. The van der Waals surface area contributed by atoms with Crippen molar-refractivity contribution in [2.75, 3.05) is 31.1 Å². The second-order valence-electron chi connectivity index (χ2n) is 9.35. The molecule has 150 valence electrons. The lowest BCUT2D eigenvalue weighted by Gasteiger charge is -2.39. The number of anilines is 1. The highest BCUT2D eigenvalue weighted by Gasteiger charge is 2.29. The fourth-order valence-electron chi connectivity index (χ4n) is 4.61. The first-order valence-corrected chi connectivity index (χ1v) is 10.6. The summed E-state index contributed by atoms with van der Waals surface area (Å²) in [5.41, 5.74) is 3.60. The zero-order chi connectivity index (χ0) is 19.6. The van der Waals surface area contributed by atoms with E-state index in [2.05, 4.69) is 31.7 Å². The summed E-state index contributed by atoms with van der Waals surface area (Å²) in [6.45, 7) is 12.6. The topological polar surface area (TPSA) is 43.8 Å². The maximum Gasteiger partial charge on any atom is 0.226 e. The summed E-state index contributed by atoms with van der Waals surface area (Å²) in [7, 11) is 0. The molecular weight excluding hydrogens is 336 g/mol. The van der Waals surface area contributed by atoms with Crippen molar-refractivity contribution in [3.63, 3.8) is 0 Å². The van der Waals surface area contributed by atoms with E-state index < -0.39 is 6.10 Å². The molecule has 4 nitrogen and oxygen atoms in total. The molecule has 4 heteroatoms. The molecule has 0 aromatic heterocycles. The van der Waals surface area contributed by atoms with Crippen LogP contribution in [-0.4, -0.2) is 42.1 Å². The summed E-state index contributed by atoms with van der Waals surface area (Å²) in [4.78, 5) is 16.5. The number of fused-ring (bicyclic) bond motifs is 1. The van der Waals surface area contributed by atoms with Crippen molar-refractivity contribution in [3.05, 3.63) is 29.3 Å². The Bertz CT molecular complexity index is 657. The van der Waals surface area contributed by atoms with Crippen LogP contribution >= 0.6 is 0 Å². The normalized spacial score (nSPS) is 20.4. The van der Waals surface area contributed by atoms with Gasteiger partial charge in [-0.1, -0.05) is 39.8 Å². The number of β-amino-alcohol motifs (C(OH)–C–C–N with tert-alkyl or cyclic N) is 1. The zero-order valence-electron chi connectivity index (χ0n) is 17.5. The summed E-state index contributed by atoms with van der Waals surface area (Å²) >= 11 is 0. The quantitative estimate of drug-likeness (QED) is 0.863.